The average molecular weight is 171 g/mol. The molecule has 2 heteroatoms. The molecule has 0 aromatic rings. The van der Waals surface area contributed by atoms with Crippen LogP contribution in [0.25, 0.3) is 0 Å². The van der Waals surface area contributed by atoms with E-state index in [2.05, 4.69) is 26.1 Å². The topological polar surface area (TPSA) is 29.1 Å². The zero-order valence-electron chi connectivity index (χ0n) is 8.90. The third kappa shape index (κ3) is 4.37. The standard InChI is InChI=1S/C10H21NO/c1-6-7-10(4,5)11-9(12)8(2)3/h8H,6-7H2,1-5H3,(H,11,12). The Balaban J connectivity index is 3.96. The van der Waals surface area contributed by atoms with Gasteiger partial charge in [-0.2, -0.15) is 0 Å². The number of carbonyl (C=O) groups is 1. The Morgan fingerprint density at radius 1 is 1.42 bits per heavy atom. The molecule has 0 aliphatic rings. The van der Waals surface area contributed by atoms with Crippen molar-refractivity contribution < 1.29 is 4.79 Å². The minimum atomic E-state index is -0.0455. The van der Waals surface area contributed by atoms with Crippen molar-refractivity contribution in [2.45, 2.75) is 53.0 Å². The summed E-state index contributed by atoms with van der Waals surface area (Å²) in [4.78, 5) is 11.3. The molecule has 1 amide bonds. The van der Waals surface area contributed by atoms with E-state index in [1.54, 1.807) is 0 Å². The van der Waals surface area contributed by atoms with E-state index >= 15 is 0 Å². The second kappa shape index (κ2) is 4.48. The molecule has 0 aromatic heterocycles. The Hall–Kier alpha value is -0.530. The Morgan fingerprint density at radius 2 is 1.92 bits per heavy atom. The highest BCUT2D eigenvalue weighted by Gasteiger charge is 2.20. The van der Waals surface area contributed by atoms with Gasteiger partial charge in [0.05, 0.1) is 0 Å². The molecular formula is C10H21NO. The van der Waals surface area contributed by atoms with Gasteiger partial charge in [0.15, 0.2) is 0 Å². The van der Waals surface area contributed by atoms with Gasteiger partial charge < -0.3 is 5.32 Å². The molecule has 12 heavy (non-hydrogen) atoms. The van der Waals surface area contributed by atoms with Crippen LogP contribution in [-0.4, -0.2) is 11.4 Å². The van der Waals surface area contributed by atoms with E-state index in [0.717, 1.165) is 12.8 Å². The van der Waals surface area contributed by atoms with Gasteiger partial charge in [-0.1, -0.05) is 27.2 Å². The Labute approximate surface area is 75.7 Å². The molecular weight excluding hydrogens is 150 g/mol. The van der Waals surface area contributed by atoms with Crippen LogP contribution in [0.15, 0.2) is 0 Å². The molecule has 72 valence electrons. The van der Waals surface area contributed by atoms with E-state index in [1.165, 1.54) is 0 Å². The molecule has 0 saturated heterocycles. The zero-order valence-corrected chi connectivity index (χ0v) is 8.90. The average Bonchev–Trinajstić information content (AvgIpc) is 1.85. The summed E-state index contributed by atoms with van der Waals surface area (Å²) < 4.78 is 0. The van der Waals surface area contributed by atoms with Gasteiger partial charge in [-0.15, -0.1) is 0 Å². The second-order valence-electron chi connectivity index (χ2n) is 4.28. The van der Waals surface area contributed by atoms with Crippen LogP contribution in [0.1, 0.15) is 47.5 Å². The fraction of sp³-hybridized carbons (Fsp3) is 0.900. The largest absolute Gasteiger partial charge is 0.351 e. The van der Waals surface area contributed by atoms with E-state index in [4.69, 9.17) is 0 Å². The van der Waals surface area contributed by atoms with Crippen molar-refractivity contribution in [1.82, 2.24) is 5.32 Å². The normalized spacial score (nSPS) is 11.8. The van der Waals surface area contributed by atoms with Crippen molar-refractivity contribution in [3.05, 3.63) is 0 Å². The van der Waals surface area contributed by atoms with E-state index in [0.29, 0.717) is 0 Å². The van der Waals surface area contributed by atoms with Gasteiger partial charge in [-0.05, 0) is 20.3 Å². The Kier molecular flexibility index (Phi) is 4.29. The van der Waals surface area contributed by atoms with E-state index < -0.39 is 0 Å². The van der Waals surface area contributed by atoms with Gasteiger partial charge in [0.2, 0.25) is 5.91 Å². The number of nitrogens with one attached hydrogen (secondary N) is 1. The molecule has 0 heterocycles. The van der Waals surface area contributed by atoms with Gasteiger partial charge in [-0.3, -0.25) is 4.79 Å². The Bertz CT molecular complexity index is 150. The van der Waals surface area contributed by atoms with Crippen LogP contribution in [-0.2, 0) is 4.79 Å². The summed E-state index contributed by atoms with van der Waals surface area (Å²) >= 11 is 0. The minimum Gasteiger partial charge on any atom is -0.351 e. The summed E-state index contributed by atoms with van der Waals surface area (Å²) in [6.45, 7) is 10.1. The maximum Gasteiger partial charge on any atom is 0.222 e. The van der Waals surface area contributed by atoms with Crippen molar-refractivity contribution in [1.29, 1.82) is 0 Å². The van der Waals surface area contributed by atoms with Gasteiger partial charge >= 0.3 is 0 Å². The number of carbonyl (C=O) groups excluding carboxylic acids is 1. The van der Waals surface area contributed by atoms with Gasteiger partial charge in [0, 0.05) is 11.5 Å². The predicted molar refractivity (Wildman–Crippen MR) is 52.0 cm³/mol. The predicted octanol–water partition coefficient (Wildman–Crippen LogP) is 2.34. The van der Waals surface area contributed by atoms with E-state index in [-0.39, 0.29) is 17.4 Å². The quantitative estimate of drug-likeness (QED) is 0.691. The SMILES string of the molecule is CCCC(C)(C)NC(=O)C(C)C. The number of hydrogen-bond acceptors (Lipinski definition) is 1. The fourth-order valence-corrected chi connectivity index (χ4v) is 1.17. The summed E-state index contributed by atoms with van der Waals surface area (Å²) in [6, 6.07) is 0. The number of amides is 1. The second-order valence-corrected chi connectivity index (χ2v) is 4.28. The van der Waals surface area contributed by atoms with Gasteiger partial charge in [-0.25, -0.2) is 0 Å². The van der Waals surface area contributed by atoms with Crippen LogP contribution in [0.5, 0.6) is 0 Å². The van der Waals surface area contributed by atoms with Crippen molar-refractivity contribution >= 4 is 5.91 Å². The van der Waals surface area contributed by atoms with Crippen LogP contribution in [0.3, 0.4) is 0 Å². The van der Waals surface area contributed by atoms with Crippen molar-refractivity contribution in [2.24, 2.45) is 5.92 Å². The molecule has 0 saturated carbocycles. The molecule has 0 fully saturated rings. The molecule has 0 aliphatic carbocycles. The van der Waals surface area contributed by atoms with Crippen LogP contribution < -0.4 is 5.32 Å². The monoisotopic (exact) mass is 171 g/mol. The van der Waals surface area contributed by atoms with Crippen molar-refractivity contribution in [3.8, 4) is 0 Å². The molecule has 2 nitrogen and oxygen atoms in total. The molecule has 0 spiro atoms. The van der Waals surface area contributed by atoms with Gasteiger partial charge in [0.25, 0.3) is 0 Å². The molecule has 1 N–H and O–H groups in total. The molecule has 0 unspecified atom stereocenters. The highest BCUT2D eigenvalue weighted by molar-refractivity contribution is 5.78. The third-order valence-electron chi connectivity index (χ3n) is 1.86. The van der Waals surface area contributed by atoms with Crippen LogP contribution >= 0.6 is 0 Å². The minimum absolute atomic E-state index is 0.0455. The zero-order chi connectivity index (χ0) is 9.78. The van der Waals surface area contributed by atoms with Crippen molar-refractivity contribution in [3.63, 3.8) is 0 Å². The molecule has 0 rings (SSSR count). The molecule has 0 aliphatic heterocycles. The third-order valence-corrected chi connectivity index (χ3v) is 1.86. The molecule has 0 bridgehead atoms. The molecule has 0 aromatic carbocycles. The lowest BCUT2D eigenvalue weighted by molar-refractivity contribution is -0.125. The van der Waals surface area contributed by atoms with Crippen LogP contribution in [0.4, 0.5) is 0 Å². The molecule has 0 atom stereocenters. The Morgan fingerprint density at radius 3 is 2.25 bits per heavy atom. The highest BCUT2D eigenvalue weighted by Crippen LogP contribution is 2.11. The summed E-state index contributed by atoms with van der Waals surface area (Å²) in [5.41, 5.74) is -0.0455. The number of rotatable bonds is 4. The fourth-order valence-electron chi connectivity index (χ4n) is 1.17. The summed E-state index contributed by atoms with van der Waals surface area (Å²) in [5.74, 6) is 0.231. The van der Waals surface area contributed by atoms with Crippen LogP contribution in [0.2, 0.25) is 0 Å². The van der Waals surface area contributed by atoms with E-state index in [9.17, 15) is 4.79 Å². The van der Waals surface area contributed by atoms with Crippen LogP contribution in [0, 0.1) is 5.92 Å². The first-order valence-electron chi connectivity index (χ1n) is 4.71. The smallest absolute Gasteiger partial charge is 0.222 e. The summed E-state index contributed by atoms with van der Waals surface area (Å²) in [5, 5.41) is 3.02. The molecule has 0 radical (unpaired) electrons. The first kappa shape index (κ1) is 11.5. The summed E-state index contributed by atoms with van der Waals surface area (Å²) in [7, 11) is 0. The van der Waals surface area contributed by atoms with Gasteiger partial charge in [0.1, 0.15) is 0 Å². The lowest BCUT2D eigenvalue weighted by atomic mass is 9.98. The summed E-state index contributed by atoms with van der Waals surface area (Å²) in [6.07, 6.45) is 2.14. The van der Waals surface area contributed by atoms with Crippen molar-refractivity contribution in [2.75, 3.05) is 0 Å². The maximum absolute atomic E-state index is 11.3. The maximum atomic E-state index is 11.3. The first-order valence-corrected chi connectivity index (χ1v) is 4.71. The lowest BCUT2D eigenvalue weighted by Gasteiger charge is -2.26. The lowest BCUT2D eigenvalue weighted by Crippen LogP contribution is -2.45. The van der Waals surface area contributed by atoms with E-state index in [1.807, 2.05) is 13.8 Å². The number of hydrogen-bond donors (Lipinski definition) is 1. The highest BCUT2D eigenvalue weighted by atomic mass is 16.2. The first-order chi connectivity index (χ1) is 5.39.